The van der Waals surface area contributed by atoms with Crippen LogP contribution in [0, 0.1) is 0 Å². The lowest BCUT2D eigenvalue weighted by Crippen LogP contribution is -2.34. The Morgan fingerprint density at radius 3 is 2.58 bits per heavy atom. The standard InChI is InChI=1S/C19H22N2O4S/c22-11-13(23)10-20-19(25)17-16(14-8-4-5-9-15(14)26-17)21-18(24)12-6-2-1-3-7-12/h1-3,6-7,13,22-23H,4-5,8-11H2,(H,20,25)(H,21,24). The van der Waals surface area contributed by atoms with E-state index in [9.17, 15) is 14.7 Å². The predicted octanol–water partition coefficient (Wildman–Crippen LogP) is 1.96. The average molecular weight is 374 g/mol. The van der Waals surface area contributed by atoms with Crippen molar-refractivity contribution in [1.82, 2.24) is 5.32 Å². The number of carbonyl (C=O) groups is 2. The van der Waals surface area contributed by atoms with Crippen molar-refractivity contribution in [3.63, 3.8) is 0 Å². The molecule has 2 amide bonds. The first-order valence-corrected chi connectivity index (χ1v) is 9.50. The molecule has 7 heteroatoms. The molecule has 2 aromatic rings. The number of fused-ring (bicyclic) bond motifs is 1. The molecule has 1 atom stereocenters. The fourth-order valence-electron chi connectivity index (χ4n) is 2.99. The van der Waals surface area contributed by atoms with E-state index in [1.165, 1.54) is 11.3 Å². The first-order valence-electron chi connectivity index (χ1n) is 8.68. The van der Waals surface area contributed by atoms with Gasteiger partial charge in [-0.2, -0.15) is 0 Å². The first-order chi connectivity index (χ1) is 12.6. The van der Waals surface area contributed by atoms with Crippen LogP contribution in [0.5, 0.6) is 0 Å². The topological polar surface area (TPSA) is 98.7 Å². The van der Waals surface area contributed by atoms with Crippen LogP contribution in [-0.2, 0) is 12.8 Å². The van der Waals surface area contributed by atoms with Crippen LogP contribution in [0.4, 0.5) is 5.69 Å². The molecule has 3 rings (SSSR count). The quantitative estimate of drug-likeness (QED) is 0.621. The van der Waals surface area contributed by atoms with Gasteiger partial charge in [-0.05, 0) is 43.4 Å². The number of thiophene rings is 1. The van der Waals surface area contributed by atoms with Gasteiger partial charge in [0.15, 0.2) is 0 Å². The molecule has 1 aromatic carbocycles. The Morgan fingerprint density at radius 1 is 1.12 bits per heavy atom. The Labute approximate surface area is 155 Å². The number of anilines is 1. The molecule has 26 heavy (non-hydrogen) atoms. The lowest BCUT2D eigenvalue weighted by molar-refractivity contribution is 0.0805. The zero-order valence-corrected chi connectivity index (χ0v) is 15.1. The number of nitrogens with one attached hydrogen (secondary N) is 2. The van der Waals surface area contributed by atoms with Gasteiger partial charge in [-0.25, -0.2) is 0 Å². The number of amides is 2. The van der Waals surface area contributed by atoms with Crippen molar-refractivity contribution in [1.29, 1.82) is 0 Å². The number of aryl methyl sites for hydroxylation is 1. The van der Waals surface area contributed by atoms with Gasteiger partial charge in [0.2, 0.25) is 0 Å². The normalized spacial score (nSPS) is 14.4. The molecule has 0 saturated carbocycles. The van der Waals surface area contributed by atoms with Crippen molar-refractivity contribution >= 4 is 28.8 Å². The van der Waals surface area contributed by atoms with Crippen LogP contribution in [0.3, 0.4) is 0 Å². The maximum atomic E-state index is 12.6. The second-order valence-electron chi connectivity index (χ2n) is 6.28. The third-order valence-electron chi connectivity index (χ3n) is 4.36. The minimum atomic E-state index is -1.00. The van der Waals surface area contributed by atoms with E-state index in [2.05, 4.69) is 10.6 Å². The number of carbonyl (C=O) groups excluding carboxylic acids is 2. The molecule has 0 aliphatic heterocycles. The number of hydrogen-bond donors (Lipinski definition) is 4. The summed E-state index contributed by atoms with van der Waals surface area (Å²) in [5, 5.41) is 23.9. The Kier molecular flexibility index (Phi) is 6.03. The van der Waals surface area contributed by atoms with E-state index in [-0.39, 0.29) is 18.4 Å². The lowest BCUT2D eigenvalue weighted by atomic mass is 9.97. The van der Waals surface area contributed by atoms with E-state index in [0.29, 0.717) is 16.1 Å². The van der Waals surface area contributed by atoms with E-state index in [0.717, 1.165) is 36.1 Å². The fourth-order valence-corrected chi connectivity index (χ4v) is 4.25. The van der Waals surface area contributed by atoms with Gasteiger partial charge in [0.25, 0.3) is 11.8 Å². The second-order valence-corrected chi connectivity index (χ2v) is 7.39. The molecular formula is C19H22N2O4S. The molecule has 1 aliphatic rings. The second kappa shape index (κ2) is 8.44. The van der Waals surface area contributed by atoms with Crippen molar-refractivity contribution in [3.8, 4) is 0 Å². The molecule has 0 fully saturated rings. The fraction of sp³-hybridized carbons (Fsp3) is 0.368. The molecule has 1 unspecified atom stereocenters. The summed E-state index contributed by atoms with van der Waals surface area (Å²) in [7, 11) is 0. The molecule has 0 radical (unpaired) electrons. The Hall–Kier alpha value is -2.22. The highest BCUT2D eigenvalue weighted by Crippen LogP contribution is 2.38. The van der Waals surface area contributed by atoms with Crippen LogP contribution in [0.2, 0.25) is 0 Å². The molecule has 138 valence electrons. The van der Waals surface area contributed by atoms with E-state index >= 15 is 0 Å². The largest absolute Gasteiger partial charge is 0.394 e. The van der Waals surface area contributed by atoms with Crippen LogP contribution in [0.25, 0.3) is 0 Å². The molecular weight excluding hydrogens is 352 g/mol. The zero-order chi connectivity index (χ0) is 18.5. The number of hydrogen-bond acceptors (Lipinski definition) is 5. The molecule has 0 spiro atoms. The van der Waals surface area contributed by atoms with Crippen molar-refractivity contribution in [2.45, 2.75) is 31.8 Å². The Bertz CT molecular complexity index is 788. The van der Waals surface area contributed by atoms with E-state index in [1.807, 2.05) is 6.07 Å². The molecule has 4 N–H and O–H groups in total. The average Bonchev–Trinajstić information content (AvgIpc) is 3.05. The lowest BCUT2D eigenvalue weighted by Gasteiger charge is -2.14. The summed E-state index contributed by atoms with van der Waals surface area (Å²) in [6.07, 6.45) is 2.84. The Balaban J connectivity index is 1.86. The smallest absolute Gasteiger partial charge is 0.263 e. The minimum Gasteiger partial charge on any atom is -0.394 e. The van der Waals surface area contributed by atoms with Crippen molar-refractivity contribution in [3.05, 3.63) is 51.2 Å². The van der Waals surface area contributed by atoms with Crippen LogP contribution >= 0.6 is 11.3 Å². The van der Waals surface area contributed by atoms with Gasteiger partial charge in [-0.3, -0.25) is 9.59 Å². The summed E-state index contributed by atoms with van der Waals surface area (Å²) in [5.41, 5.74) is 2.15. The van der Waals surface area contributed by atoms with Gasteiger partial charge in [0.1, 0.15) is 4.88 Å². The van der Waals surface area contributed by atoms with Gasteiger partial charge in [0, 0.05) is 17.0 Å². The molecule has 6 nitrogen and oxygen atoms in total. The molecule has 1 aromatic heterocycles. The minimum absolute atomic E-state index is 0.0377. The molecule has 0 saturated heterocycles. The van der Waals surface area contributed by atoms with Crippen LogP contribution < -0.4 is 10.6 Å². The van der Waals surface area contributed by atoms with Gasteiger partial charge in [0.05, 0.1) is 18.4 Å². The Morgan fingerprint density at radius 2 is 1.85 bits per heavy atom. The number of aliphatic hydroxyl groups is 2. The van der Waals surface area contributed by atoms with Crippen LogP contribution in [-0.4, -0.2) is 41.3 Å². The van der Waals surface area contributed by atoms with Gasteiger partial charge in [-0.15, -0.1) is 11.3 Å². The van der Waals surface area contributed by atoms with Gasteiger partial charge >= 0.3 is 0 Å². The number of benzene rings is 1. The van der Waals surface area contributed by atoms with E-state index < -0.39 is 12.7 Å². The van der Waals surface area contributed by atoms with Crippen molar-refractivity contribution in [2.24, 2.45) is 0 Å². The van der Waals surface area contributed by atoms with E-state index in [1.54, 1.807) is 24.3 Å². The summed E-state index contributed by atoms with van der Waals surface area (Å²) < 4.78 is 0. The van der Waals surface area contributed by atoms with Crippen LogP contribution in [0.1, 0.15) is 43.3 Å². The third-order valence-corrected chi connectivity index (χ3v) is 5.65. The number of aliphatic hydroxyl groups excluding tert-OH is 2. The summed E-state index contributed by atoms with van der Waals surface area (Å²) in [5.74, 6) is -0.596. The SMILES string of the molecule is O=C(Nc1c(C(=O)NCC(O)CO)sc2c1CCCC2)c1ccccc1. The van der Waals surface area contributed by atoms with Gasteiger partial charge in [-0.1, -0.05) is 18.2 Å². The summed E-state index contributed by atoms with van der Waals surface area (Å²) in [6, 6.07) is 8.88. The van der Waals surface area contributed by atoms with E-state index in [4.69, 9.17) is 5.11 Å². The summed E-state index contributed by atoms with van der Waals surface area (Å²) >= 11 is 1.40. The highest BCUT2D eigenvalue weighted by atomic mass is 32.1. The molecule has 0 bridgehead atoms. The number of rotatable bonds is 6. The monoisotopic (exact) mass is 374 g/mol. The summed E-state index contributed by atoms with van der Waals surface area (Å²) in [6.45, 7) is -0.456. The molecule has 1 aliphatic carbocycles. The molecule has 1 heterocycles. The summed E-state index contributed by atoms with van der Waals surface area (Å²) in [4.78, 5) is 26.7. The zero-order valence-electron chi connectivity index (χ0n) is 14.3. The van der Waals surface area contributed by atoms with Crippen LogP contribution in [0.15, 0.2) is 30.3 Å². The highest BCUT2D eigenvalue weighted by Gasteiger charge is 2.26. The highest BCUT2D eigenvalue weighted by molar-refractivity contribution is 7.15. The maximum absolute atomic E-state index is 12.6. The van der Waals surface area contributed by atoms with Crippen molar-refractivity contribution in [2.75, 3.05) is 18.5 Å². The maximum Gasteiger partial charge on any atom is 0.263 e. The third kappa shape index (κ3) is 4.12. The van der Waals surface area contributed by atoms with Crippen molar-refractivity contribution < 1.29 is 19.8 Å². The first kappa shape index (κ1) is 18.6. The van der Waals surface area contributed by atoms with Gasteiger partial charge < -0.3 is 20.8 Å². The predicted molar refractivity (Wildman–Crippen MR) is 101 cm³/mol.